The van der Waals surface area contributed by atoms with Crippen LogP contribution in [0.25, 0.3) is 6.08 Å². The van der Waals surface area contributed by atoms with Crippen LogP contribution in [0.2, 0.25) is 0 Å². The van der Waals surface area contributed by atoms with E-state index in [0.29, 0.717) is 5.69 Å². The predicted molar refractivity (Wildman–Crippen MR) is 131 cm³/mol. The van der Waals surface area contributed by atoms with Crippen molar-refractivity contribution in [1.29, 1.82) is 0 Å². The van der Waals surface area contributed by atoms with Gasteiger partial charge in [-0.2, -0.15) is 0 Å². The van der Waals surface area contributed by atoms with E-state index in [1.54, 1.807) is 6.08 Å². The van der Waals surface area contributed by atoms with Crippen LogP contribution in [0.4, 0.5) is 5.69 Å². The minimum atomic E-state index is -0.478. The number of rotatable bonds is 5. The fourth-order valence-electron chi connectivity index (χ4n) is 3.91. The molecule has 6 heteroatoms. The first kappa shape index (κ1) is 21.7. The number of benzene rings is 2. The van der Waals surface area contributed by atoms with Gasteiger partial charge in [-0.3, -0.25) is 19.8 Å². The number of hydrogen-bond donors (Lipinski definition) is 1. The summed E-state index contributed by atoms with van der Waals surface area (Å²) in [6.45, 7) is 6.82. The van der Waals surface area contributed by atoms with Gasteiger partial charge in [0, 0.05) is 17.9 Å². The van der Waals surface area contributed by atoms with Gasteiger partial charge in [0.25, 0.3) is 11.8 Å². The molecular weight excluding hydrogens is 418 g/mol. The number of aryl methyl sites for hydroxylation is 2. The lowest BCUT2D eigenvalue weighted by atomic mass is 10.1. The summed E-state index contributed by atoms with van der Waals surface area (Å²) in [6.07, 6.45) is 2.57. The molecule has 0 saturated carbocycles. The molecule has 2 amide bonds. The monoisotopic (exact) mass is 443 g/mol. The second kappa shape index (κ2) is 8.93. The molecule has 3 aromatic rings. The fraction of sp³-hybridized carbons (Fsp3) is 0.192. The zero-order chi connectivity index (χ0) is 22.8. The SMILES string of the molecule is CCc1ccc(N2C(=O)/C(=C/c3cc(C)n(Cc4ccccc4)c3C)C(=O)NC2=S)cc1. The number of amides is 2. The molecule has 1 aromatic heterocycles. The topological polar surface area (TPSA) is 54.3 Å². The van der Waals surface area contributed by atoms with E-state index in [4.69, 9.17) is 12.2 Å². The molecule has 0 aliphatic carbocycles. The number of anilines is 1. The fourth-order valence-corrected chi connectivity index (χ4v) is 4.19. The summed E-state index contributed by atoms with van der Waals surface area (Å²) in [5.41, 5.74) is 5.94. The summed E-state index contributed by atoms with van der Waals surface area (Å²) in [7, 11) is 0. The molecule has 0 bridgehead atoms. The summed E-state index contributed by atoms with van der Waals surface area (Å²) in [6, 6.07) is 19.8. The number of nitrogens with zero attached hydrogens (tertiary/aromatic N) is 2. The Bertz CT molecular complexity index is 1220. The lowest BCUT2D eigenvalue weighted by Crippen LogP contribution is -2.54. The van der Waals surface area contributed by atoms with Crippen LogP contribution in [0.5, 0.6) is 0 Å². The van der Waals surface area contributed by atoms with Crippen molar-refractivity contribution in [3.05, 3.63) is 94.3 Å². The van der Waals surface area contributed by atoms with Gasteiger partial charge in [0.05, 0.1) is 5.69 Å². The van der Waals surface area contributed by atoms with E-state index in [-0.39, 0.29) is 10.7 Å². The largest absolute Gasteiger partial charge is 0.344 e. The van der Waals surface area contributed by atoms with Gasteiger partial charge in [-0.15, -0.1) is 0 Å². The Kier molecular flexibility index (Phi) is 6.06. The summed E-state index contributed by atoms with van der Waals surface area (Å²) >= 11 is 5.31. The third kappa shape index (κ3) is 4.14. The smallest absolute Gasteiger partial charge is 0.270 e. The normalized spacial score (nSPS) is 15.4. The van der Waals surface area contributed by atoms with Gasteiger partial charge in [-0.25, -0.2) is 0 Å². The zero-order valence-corrected chi connectivity index (χ0v) is 19.2. The highest BCUT2D eigenvalue weighted by molar-refractivity contribution is 7.80. The van der Waals surface area contributed by atoms with Crippen LogP contribution in [-0.2, 0) is 22.6 Å². The molecule has 1 aliphatic rings. The van der Waals surface area contributed by atoms with Crippen LogP contribution in [0.15, 0.2) is 66.2 Å². The molecule has 5 nitrogen and oxygen atoms in total. The Balaban J connectivity index is 1.68. The Morgan fingerprint density at radius 2 is 1.66 bits per heavy atom. The Morgan fingerprint density at radius 1 is 0.969 bits per heavy atom. The molecular formula is C26H25N3O2S. The molecule has 1 fully saturated rings. The Labute approximate surface area is 193 Å². The van der Waals surface area contributed by atoms with E-state index in [1.165, 1.54) is 10.5 Å². The molecule has 1 saturated heterocycles. The van der Waals surface area contributed by atoms with Gasteiger partial charge in [0.15, 0.2) is 5.11 Å². The van der Waals surface area contributed by atoms with Crippen molar-refractivity contribution in [3.63, 3.8) is 0 Å². The van der Waals surface area contributed by atoms with Crippen LogP contribution in [0.1, 0.15) is 35.0 Å². The molecule has 4 rings (SSSR count). The van der Waals surface area contributed by atoms with Gasteiger partial charge >= 0.3 is 0 Å². The lowest BCUT2D eigenvalue weighted by Gasteiger charge is -2.29. The zero-order valence-electron chi connectivity index (χ0n) is 18.4. The summed E-state index contributed by atoms with van der Waals surface area (Å²) in [4.78, 5) is 27.4. The van der Waals surface area contributed by atoms with Crippen LogP contribution < -0.4 is 10.2 Å². The van der Waals surface area contributed by atoms with Crippen LogP contribution >= 0.6 is 12.2 Å². The Hall–Kier alpha value is -3.51. The first-order chi connectivity index (χ1) is 15.4. The van der Waals surface area contributed by atoms with E-state index >= 15 is 0 Å². The molecule has 0 atom stereocenters. The van der Waals surface area contributed by atoms with Crippen molar-refractivity contribution in [2.45, 2.75) is 33.7 Å². The van der Waals surface area contributed by atoms with E-state index in [2.05, 4.69) is 28.9 Å². The average Bonchev–Trinajstić information content (AvgIpc) is 3.05. The highest BCUT2D eigenvalue weighted by atomic mass is 32.1. The molecule has 1 N–H and O–H groups in total. The second-order valence-corrected chi connectivity index (χ2v) is 8.26. The van der Waals surface area contributed by atoms with Gasteiger partial charge in [0.2, 0.25) is 0 Å². The van der Waals surface area contributed by atoms with Gasteiger partial charge in [0.1, 0.15) is 5.57 Å². The molecule has 2 heterocycles. The second-order valence-electron chi connectivity index (χ2n) is 7.88. The van der Waals surface area contributed by atoms with Crippen molar-refractivity contribution in [1.82, 2.24) is 9.88 Å². The number of nitrogens with one attached hydrogen (secondary N) is 1. The first-order valence-corrected chi connectivity index (χ1v) is 11.0. The van der Waals surface area contributed by atoms with Crippen LogP contribution in [-0.4, -0.2) is 21.5 Å². The maximum Gasteiger partial charge on any atom is 0.270 e. The predicted octanol–water partition coefficient (Wildman–Crippen LogP) is 4.55. The Morgan fingerprint density at radius 3 is 2.31 bits per heavy atom. The van der Waals surface area contributed by atoms with Crippen molar-refractivity contribution in [2.75, 3.05) is 4.90 Å². The van der Waals surface area contributed by atoms with Crippen LogP contribution in [0, 0.1) is 13.8 Å². The number of aromatic nitrogens is 1. The number of carbonyl (C=O) groups excluding carboxylic acids is 2. The average molecular weight is 444 g/mol. The molecule has 0 unspecified atom stereocenters. The minimum Gasteiger partial charge on any atom is -0.344 e. The van der Waals surface area contributed by atoms with Crippen molar-refractivity contribution >= 4 is 40.9 Å². The standard InChI is InChI=1S/C26H25N3O2S/c1-4-19-10-12-22(13-11-19)29-25(31)23(24(30)27-26(29)32)15-21-14-17(2)28(18(21)3)16-20-8-6-5-7-9-20/h5-15H,4,16H2,1-3H3,(H,27,30,32)/b23-15+. The van der Waals surface area contributed by atoms with Crippen molar-refractivity contribution < 1.29 is 9.59 Å². The first-order valence-electron chi connectivity index (χ1n) is 10.6. The summed E-state index contributed by atoms with van der Waals surface area (Å²) < 4.78 is 2.18. The number of thiocarbonyl (C=S) groups is 1. The summed E-state index contributed by atoms with van der Waals surface area (Å²) in [5.74, 6) is -0.898. The van der Waals surface area contributed by atoms with Crippen molar-refractivity contribution in [2.24, 2.45) is 0 Å². The highest BCUT2D eigenvalue weighted by Gasteiger charge is 2.34. The van der Waals surface area contributed by atoms with Crippen molar-refractivity contribution in [3.8, 4) is 0 Å². The molecule has 0 radical (unpaired) electrons. The van der Waals surface area contributed by atoms with E-state index in [0.717, 1.165) is 35.5 Å². The highest BCUT2D eigenvalue weighted by Crippen LogP contribution is 2.25. The van der Waals surface area contributed by atoms with Gasteiger partial charge in [-0.05, 0) is 73.5 Å². The molecule has 32 heavy (non-hydrogen) atoms. The number of carbonyl (C=O) groups is 2. The molecule has 2 aromatic carbocycles. The van der Waals surface area contributed by atoms with E-state index in [9.17, 15) is 9.59 Å². The lowest BCUT2D eigenvalue weighted by molar-refractivity contribution is -0.122. The molecule has 0 spiro atoms. The van der Waals surface area contributed by atoms with E-state index < -0.39 is 11.8 Å². The third-order valence-electron chi connectivity index (χ3n) is 5.80. The maximum absolute atomic E-state index is 13.3. The quantitative estimate of drug-likeness (QED) is 0.358. The maximum atomic E-state index is 13.3. The van der Waals surface area contributed by atoms with Gasteiger partial charge in [-0.1, -0.05) is 49.4 Å². The van der Waals surface area contributed by atoms with Gasteiger partial charge < -0.3 is 4.57 Å². The molecule has 1 aliphatic heterocycles. The third-order valence-corrected chi connectivity index (χ3v) is 6.09. The van der Waals surface area contributed by atoms with Crippen LogP contribution in [0.3, 0.4) is 0 Å². The molecule has 162 valence electrons. The number of hydrogen-bond acceptors (Lipinski definition) is 3. The minimum absolute atomic E-state index is 0.0677. The van der Waals surface area contributed by atoms with E-state index in [1.807, 2.05) is 62.4 Å². The summed E-state index contributed by atoms with van der Waals surface area (Å²) in [5, 5.41) is 2.75.